The SMILES string of the molecule is COc1cccc(OC)c1C1(N)CCCC(C2CC2)C1. The molecule has 0 amide bonds. The predicted molar refractivity (Wildman–Crippen MR) is 80.1 cm³/mol. The van der Waals surface area contributed by atoms with Crippen LogP contribution in [-0.2, 0) is 5.54 Å². The van der Waals surface area contributed by atoms with Gasteiger partial charge in [0.1, 0.15) is 11.5 Å². The van der Waals surface area contributed by atoms with Gasteiger partial charge < -0.3 is 15.2 Å². The molecule has 0 aliphatic heterocycles. The van der Waals surface area contributed by atoms with Gasteiger partial charge in [-0.3, -0.25) is 0 Å². The van der Waals surface area contributed by atoms with Gasteiger partial charge in [0, 0.05) is 5.54 Å². The largest absolute Gasteiger partial charge is 0.496 e. The number of nitrogens with two attached hydrogens (primary N) is 1. The molecular formula is C17H25NO2. The molecule has 0 bridgehead atoms. The van der Waals surface area contributed by atoms with Crippen LogP contribution in [0.1, 0.15) is 44.1 Å². The van der Waals surface area contributed by atoms with Crippen LogP contribution in [0.5, 0.6) is 11.5 Å². The van der Waals surface area contributed by atoms with Crippen LogP contribution in [0.3, 0.4) is 0 Å². The van der Waals surface area contributed by atoms with E-state index in [0.29, 0.717) is 0 Å². The Hall–Kier alpha value is -1.22. The molecule has 3 rings (SSSR count). The van der Waals surface area contributed by atoms with Crippen molar-refractivity contribution in [3.63, 3.8) is 0 Å². The van der Waals surface area contributed by atoms with E-state index in [0.717, 1.165) is 41.7 Å². The summed E-state index contributed by atoms with van der Waals surface area (Å²) in [5.74, 6) is 3.42. The average molecular weight is 275 g/mol. The van der Waals surface area contributed by atoms with E-state index in [2.05, 4.69) is 0 Å². The number of ether oxygens (including phenoxy) is 2. The van der Waals surface area contributed by atoms with Gasteiger partial charge in [-0.25, -0.2) is 0 Å². The Morgan fingerprint density at radius 3 is 2.25 bits per heavy atom. The van der Waals surface area contributed by atoms with Crippen molar-refractivity contribution in [1.82, 2.24) is 0 Å². The summed E-state index contributed by atoms with van der Waals surface area (Å²) < 4.78 is 11.1. The van der Waals surface area contributed by atoms with Crippen LogP contribution in [0.15, 0.2) is 18.2 Å². The molecule has 2 atom stereocenters. The second-order valence-corrected chi connectivity index (χ2v) is 6.39. The number of rotatable bonds is 4. The van der Waals surface area contributed by atoms with Crippen molar-refractivity contribution < 1.29 is 9.47 Å². The van der Waals surface area contributed by atoms with Gasteiger partial charge in [-0.05, 0) is 49.7 Å². The van der Waals surface area contributed by atoms with E-state index in [-0.39, 0.29) is 5.54 Å². The lowest BCUT2D eigenvalue weighted by molar-refractivity contribution is 0.197. The van der Waals surface area contributed by atoms with Crippen LogP contribution in [0.25, 0.3) is 0 Å². The van der Waals surface area contributed by atoms with E-state index in [4.69, 9.17) is 15.2 Å². The first-order chi connectivity index (χ1) is 9.68. The molecule has 2 N–H and O–H groups in total. The lowest BCUT2D eigenvalue weighted by Crippen LogP contribution is -2.42. The second kappa shape index (κ2) is 5.28. The van der Waals surface area contributed by atoms with Crippen LogP contribution in [-0.4, -0.2) is 14.2 Å². The maximum Gasteiger partial charge on any atom is 0.127 e. The summed E-state index contributed by atoms with van der Waals surface area (Å²) in [4.78, 5) is 0. The van der Waals surface area contributed by atoms with Crippen LogP contribution >= 0.6 is 0 Å². The summed E-state index contributed by atoms with van der Waals surface area (Å²) in [5, 5.41) is 0. The van der Waals surface area contributed by atoms with Crippen molar-refractivity contribution in [3.8, 4) is 11.5 Å². The van der Waals surface area contributed by atoms with E-state index in [1.807, 2.05) is 18.2 Å². The molecule has 3 heteroatoms. The van der Waals surface area contributed by atoms with Crippen molar-refractivity contribution in [2.24, 2.45) is 17.6 Å². The van der Waals surface area contributed by atoms with Crippen molar-refractivity contribution in [3.05, 3.63) is 23.8 Å². The molecule has 2 fully saturated rings. The molecule has 0 heterocycles. The highest BCUT2D eigenvalue weighted by Gasteiger charge is 2.43. The standard InChI is InChI=1S/C17H25NO2/c1-19-14-6-3-7-15(20-2)16(14)17(18)10-4-5-13(11-17)12-8-9-12/h3,6-7,12-13H,4-5,8-11,18H2,1-2H3. The van der Waals surface area contributed by atoms with Crippen LogP contribution in [0, 0.1) is 11.8 Å². The Labute approximate surface area is 121 Å². The normalized spacial score (nSPS) is 30.1. The minimum absolute atomic E-state index is 0.302. The molecule has 2 saturated carbocycles. The third kappa shape index (κ3) is 2.39. The molecule has 1 aromatic carbocycles. The monoisotopic (exact) mass is 275 g/mol. The minimum atomic E-state index is -0.302. The maximum absolute atomic E-state index is 6.83. The third-order valence-electron chi connectivity index (χ3n) is 5.04. The Balaban J connectivity index is 1.96. The number of hydrogen-bond acceptors (Lipinski definition) is 3. The topological polar surface area (TPSA) is 44.5 Å². The highest BCUT2D eigenvalue weighted by Crippen LogP contribution is 2.51. The quantitative estimate of drug-likeness (QED) is 0.915. The van der Waals surface area contributed by atoms with Crippen molar-refractivity contribution in [2.75, 3.05) is 14.2 Å². The van der Waals surface area contributed by atoms with E-state index in [1.165, 1.54) is 25.7 Å². The molecule has 1 aromatic rings. The van der Waals surface area contributed by atoms with Gasteiger partial charge in [-0.15, -0.1) is 0 Å². The molecule has 3 nitrogen and oxygen atoms in total. The zero-order chi connectivity index (χ0) is 14.2. The smallest absolute Gasteiger partial charge is 0.127 e. The molecular weight excluding hydrogens is 250 g/mol. The summed E-state index contributed by atoms with van der Waals surface area (Å²) in [6.07, 6.45) is 7.41. The highest BCUT2D eigenvalue weighted by atomic mass is 16.5. The Morgan fingerprint density at radius 2 is 1.70 bits per heavy atom. The summed E-state index contributed by atoms with van der Waals surface area (Å²) in [6, 6.07) is 5.95. The Bertz CT molecular complexity index is 462. The van der Waals surface area contributed by atoms with Crippen molar-refractivity contribution in [2.45, 2.75) is 44.1 Å². The van der Waals surface area contributed by atoms with Gasteiger partial charge in [0.15, 0.2) is 0 Å². The van der Waals surface area contributed by atoms with E-state index < -0.39 is 0 Å². The number of methoxy groups -OCH3 is 2. The third-order valence-corrected chi connectivity index (χ3v) is 5.04. The van der Waals surface area contributed by atoms with Gasteiger partial charge in [0.2, 0.25) is 0 Å². The summed E-state index contributed by atoms with van der Waals surface area (Å²) in [6.45, 7) is 0. The molecule has 2 aliphatic carbocycles. The van der Waals surface area contributed by atoms with Crippen molar-refractivity contribution >= 4 is 0 Å². The zero-order valence-electron chi connectivity index (χ0n) is 12.5. The van der Waals surface area contributed by atoms with Crippen LogP contribution in [0.2, 0.25) is 0 Å². The predicted octanol–water partition coefficient (Wildman–Crippen LogP) is 3.46. The molecule has 2 unspecified atom stereocenters. The Kier molecular flexibility index (Phi) is 3.63. The van der Waals surface area contributed by atoms with Crippen LogP contribution in [0.4, 0.5) is 0 Å². The molecule has 0 radical (unpaired) electrons. The molecule has 0 saturated heterocycles. The molecule has 20 heavy (non-hydrogen) atoms. The summed E-state index contributed by atoms with van der Waals surface area (Å²) >= 11 is 0. The summed E-state index contributed by atoms with van der Waals surface area (Å²) in [5.41, 5.74) is 7.59. The van der Waals surface area contributed by atoms with Crippen LogP contribution < -0.4 is 15.2 Å². The van der Waals surface area contributed by atoms with Gasteiger partial charge in [-0.2, -0.15) is 0 Å². The first-order valence-corrected chi connectivity index (χ1v) is 7.68. The summed E-state index contributed by atoms with van der Waals surface area (Å²) in [7, 11) is 3.42. The number of benzene rings is 1. The molecule has 110 valence electrons. The minimum Gasteiger partial charge on any atom is -0.496 e. The molecule has 2 aliphatic rings. The van der Waals surface area contributed by atoms with E-state index in [1.54, 1.807) is 14.2 Å². The van der Waals surface area contributed by atoms with E-state index in [9.17, 15) is 0 Å². The molecule has 0 spiro atoms. The maximum atomic E-state index is 6.83. The fourth-order valence-corrected chi connectivity index (χ4v) is 3.89. The first-order valence-electron chi connectivity index (χ1n) is 7.68. The fourth-order valence-electron chi connectivity index (χ4n) is 3.89. The van der Waals surface area contributed by atoms with Crippen molar-refractivity contribution in [1.29, 1.82) is 0 Å². The van der Waals surface area contributed by atoms with E-state index >= 15 is 0 Å². The van der Waals surface area contributed by atoms with Gasteiger partial charge >= 0.3 is 0 Å². The first kappa shape index (κ1) is 13.7. The Morgan fingerprint density at radius 1 is 1.05 bits per heavy atom. The lowest BCUT2D eigenvalue weighted by atomic mass is 9.70. The fraction of sp³-hybridized carbons (Fsp3) is 0.647. The van der Waals surface area contributed by atoms with Gasteiger partial charge in [0.05, 0.1) is 19.8 Å². The highest BCUT2D eigenvalue weighted by molar-refractivity contribution is 5.49. The zero-order valence-corrected chi connectivity index (χ0v) is 12.5. The average Bonchev–Trinajstić information content (AvgIpc) is 3.31. The van der Waals surface area contributed by atoms with Gasteiger partial charge in [0.25, 0.3) is 0 Å². The number of hydrogen-bond donors (Lipinski definition) is 1. The second-order valence-electron chi connectivity index (χ2n) is 6.39. The lowest BCUT2D eigenvalue weighted by Gasteiger charge is -2.40. The molecule has 0 aromatic heterocycles. The van der Waals surface area contributed by atoms with Gasteiger partial charge in [-0.1, -0.05) is 18.9 Å².